The van der Waals surface area contributed by atoms with E-state index in [4.69, 9.17) is 19.4 Å². The molecule has 2 bridgehead atoms. The number of carbonyl (C=O) groups is 2. The van der Waals surface area contributed by atoms with Gasteiger partial charge in [0, 0.05) is 36.9 Å². The Balaban J connectivity index is 1.19. The van der Waals surface area contributed by atoms with Gasteiger partial charge in [-0.15, -0.1) is 0 Å². The summed E-state index contributed by atoms with van der Waals surface area (Å²) in [7, 11) is 1.41. The molecule has 0 saturated heterocycles. The van der Waals surface area contributed by atoms with Crippen molar-refractivity contribution >= 4 is 40.5 Å². The minimum Gasteiger partial charge on any atom is -0.480 e. The molecule has 1 aliphatic carbocycles. The SMILES string of the molecule is COC(=O)N1Cc2ccc(Nc3ncc4c(=O)n5n(c4n3)-c3ccc4c(n3)N(CC/C=C/C5)C(=O)CO4)cc2C2(CC2)C1. The van der Waals surface area contributed by atoms with Gasteiger partial charge in [-0.25, -0.2) is 24.1 Å². The first-order valence-corrected chi connectivity index (χ1v) is 14.3. The number of rotatable bonds is 2. The number of fused-ring (bicyclic) bond motifs is 7. The molecule has 0 unspecified atom stereocenters. The Kier molecular flexibility index (Phi) is 5.58. The molecule has 3 aromatic heterocycles. The fourth-order valence-corrected chi connectivity index (χ4v) is 6.36. The zero-order valence-electron chi connectivity index (χ0n) is 23.4. The normalized spacial score (nSPS) is 18.8. The second-order valence-corrected chi connectivity index (χ2v) is 11.3. The van der Waals surface area contributed by atoms with Crippen LogP contribution < -0.4 is 20.5 Å². The number of amides is 2. The number of anilines is 3. The van der Waals surface area contributed by atoms with Gasteiger partial charge in [0.1, 0.15) is 5.39 Å². The standard InChI is InChI=1S/C30H28N8O5/c1-42-29(41)35-15-18-5-6-19(13-21(18)30(17-35)9-10-30)32-28-31-14-20-25(34-28)38-23-8-7-22-26(33-23)36(24(39)16-43-22)11-3-2-4-12-37(38)27(20)40/h2,4-8,13-14H,3,9-12,15-17H2,1H3,(H,31,32,34)/b4-2+. The van der Waals surface area contributed by atoms with Gasteiger partial charge >= 0.3 is 6.09 Å². The Morgan fingerprint density at radius 2 is 2.00 bits per heavy atom. The number of aromatic nitrogens is 5. The van der Waals surface area contributed by atoms with E-state index in [2.05, 4.69) is 16.4 Å². The lowest BCUT2D eigenvalue weighted by atomic mass is 9.86. The molecule has 1 fully saturated rings. The fraction of sp³-hybridized carbons (Fsp3) is 0.333. The summed E-state index contributed by atoms with van der Waals surface area (Å²) in [6.45, 7) is 1.87. The lowest BCUT2D eigenvalue weighted by Crippen LogP contribution is -2.41. The Morgan fingerprint density at radius 3 is 2.84 bits per heavy atom. The summed E-state index contributed by atoms with van der Waals surface area (Å²) in [5.41, 5.74) is 3.23. The smallest absolute Gasteiger partial charge is 0.409 e. The Hall–Kier alpha value is -5.20. The third kappa shape index (κ3) is 4.06. The molecule has 13 nitrogen and oxygen atoms in total. The average Bonchev–Trinajstić information content (AvgIpc) is 3.74. The molecule has 3 aliphatic heterocycles. The highest BCUT2D eigenvalue weighted by Crippen LogP contribution is 2.53. The van der Waals surface area contributed by atoms with Crippen LogP contribution in [-0.4, -0.2) is 68.0 Å². The summed E-state index contributed by atoms with van der Waals surface area (Å²) in [5, 5.41) is 3.67. The van der Waals surface area contributed by atoms with Crippen LogP contribution in [0.4, 0.5) is 22.2 Å². The molecule has 2 amide bonds. The minimum atomic E-state index is -0.309. The molecule has 43 heavy (non-hydrogen) atoms. The van der Waals surface area contributed by atoms with Crippen LogP contribution in [0.25, 0.3) is 16.9 Å². The van der Waals surface area contributed by atoms with Crippen LogP contribution in [0.2, 0.25) is 0 Å². The molecule has 1 N–H and O–H groups in total. The van der Waals surface area contributed by atoms with Crippen molar-refractivity contribution in [1.82, 2.24) is 29.2 Å². The number of methoxy groups -OCH3 is 1. The molecule has 1 spiro atoms. The number of ether oxygens (including phenoxy) is 2. The Bertz CT molecular complexity index is 1920. The van der Waals surface area contributed by atoms with Gasteiger partial charge in [0.05, 0.1) is 13.7 Å². The summed E-state index contributed by atoms with van der Waals surface area (Å²) in [6, 6.07) is 9.61. The van der Waals surface area contributed by atoms with E-state index in [1.54, 1.807) is 31.3 Å². The van der Waals surface area contributed by atoms with Gasteiger partial charge in [0.15, 0.2) is 29.6 Å². The van der Waals surface area contributed by atoms with Crippen LogP contribution in [0.1, 0.15) is 30.4 Å². The number of allylic oxidation sites excluding steroid dienone is 1. The van der Waals surface area contributed by atoms with Crippen molar-refractivity contribution in [3.05, 3.63) is 70.2 Å². The van der Waals surface area contributed by atoms with Gasteiger partial charge in [-0.3, -0.25) is 14.5 Å². The number of hydrogen-bond acceptors (Lipinski definition) is 9. The number of benzene rings is 1. The van der Waals surface area contributed by atoms with E-state index in [1.807, 2.05) is 24.3 Å². The number of pyridine rings is 1. The van der Waals surface area contributed by atoms with Crippen molar-refractivity contribution in [2.24, 2.45) is 0 Å². The maximum Gasteiger partial charge on any atom is 0.409 e. The highest BCUT2D eigenvalue weighted by molar-refractivity contribution is 5.96. The van der Waals surface area contributed by atoms with Crippen molar-refractivity contribution in [2.45, 2.75) is 37.8 Å². The van der Waals surface area contributed by atoms with Crippen molar-refractivity contribution in [1.29, 1.82) is 0 Å². The van der Waals surface area contributed by atoms with Gasteiger partial charge in [-0.05, 0) is 54.7 Å². The molecule has 4 aliphatic rings. The number of nitrogens with one attached hydrogen (secondary N) is 1. The number of carbonyl (C=O) groups excluding carboxylic acids is 2. The molecular weight excluding hydrogens is 552 g/mol. The summed E-state index contributed by atoms with van der Waals surface area (Å²) in [5.74, 6) is 1.54. The van der Waals surface area contributed by atoms with E-state index >= 15 is 0 Å². The van der Waals surface area contributed by atoms with E-state index in [1.165, 1.54) is 18.9 Å². The molecule has 13 heteroatoms. The fourth-order valence-electron chi connectivity index (χ4n) is 6.36. The predicted molar refractivity (Wildman–Crippen MR) is 156 cm³/mol. The molecule has 0 atom stereocenters. The van der Waals surface area contributed by atoms with Gasteiger partial charge in [0.2, 0.25) is 5.95 Å². The molecule has 0 radical (unpaired) electrons. The average molecular weight is 581 g/mol. The zero-order chi connectivity index (χ0) is 29.3. The molecule has 1 aromatic carbocycles. The van der Waals surface area contributed by atoms with Gasteiger partial charge < -0.3 is 19.7 Å². The van der Waals surface area contributed by atoms with Crippen LogP contribution in [0.15, 0.2) is 53.5 Å². The maximum absolute atomic E-state index is 13.5. The van der Waals surface area contributed by atoms with E-state index in [-0.39, 0.29) is 29.6 Å². The van der Waals surface area contributed by atoms with E-state index in [9.17, 15) is 14.4 Å². The van der Waals surface area contributed by atoms with Crippen LogP contribution in [-0.2, 0) is 28.0 Å². The number of hydrogen-bond donors (Lipinski definition) is 1. The lowest BCUT2D eigenvalue weighted by Gasteiger charge is -2.34. The lowest BCUT2D eigenvalue weighted by molar-refractivity contribution is -0.121. The van der Waals surface area contributed by atoms with Crippen LogP contribution in [0.5, 0.6) is 5.75 Å². The molecule has 4 aromatic rings. The summed E-state index contributed by atoms with van der Waals surface area (Å²) in [4.78, 5) is 55.9. The Morgan fingerprint density at radius 1 is 1.12 bits per heavy atom. The Labute approximate surface area is 245 Å². The zero-order valence-corrected chi connectivity index (χ0v) is 23.4. The first-order chi connectivity index (χ1) is 20.9. The molecule has 8 rings (SSSR count). The van der Waals surface area contributed by atoms with Gasteiger partial charge in [0.25, 0.3) is 11.5 Å². The van der Waals surface area contributed by atoms with E-state index in [0.717, 1.165) is 24.1 Å². The number of nitrogens with zero attached hydrogens (tertiary/aromatic N) is 7. The first kappa shape index (κ1) is 25.5. The van der Waals surface area contributed by atoms with Crippen molar-refractivity contribution in [3.63, 3.8) is 0 Å². The molecule has 6 heterocycles. The third-order valence-corrected chi connectivity index (χ3v) is 8.67. The van der Waals surface area contributed by atoms with Crippen molar-refractivity contribution < 1.29 is 19.1 Å². The second kappa shape index (κ2) is 9.41. The largest absolute Gasteiger partial charge is 0.480 e. The predicted octanol–water partition coefficient (Wildman–Crippen LogP) is 3.02. The van der Waals surface area contributed by atoms with Crippen molar-refractivity contribution in [3.8, 4) is 11.6 Å². The summed E-state index contributed by atoms with van der Waals surface area (Å²) >= 11 is 0. The molecular formula is C30H28N8O5. The molecule has 218 valence electrons. The van der Waals surface area contributed by atoms with E-state index < -0.39 is 0 Å². The van der Waals surface area contributed by atoms with Gasteiger partial charge in [-0.2, -0.15) is 4.98 Å². The summed E-state index contributed by atoms with van der Waals surface area (Å²) < 4.78 is 13.8. The van der Waals surface area contributed by atoms with Crippen molar-refractivity contribution in [2.75, 3.05) is 37.0 Å². The maximum atomic E-state index is 13.5. The first-order valence-electron chi connectivity index (χ1n) is 14.3. The topological polar surface area (TPSA) is 137 Å². The quantitative estimate of drug-likeness (QED) is 0.355. The highest BCUT2D eigenvalue weighted by Gasteiger charge is 2.50. The highest BCUT2D eigenvalue weighted by atomic mass is 16.5. The third-order valence-electron chi connectivity index (χ3n) is 8.67. The molecule has 1 saturated carbocycles. The van der Waals surface area contributed by atoms with Crippen LogP contribution >= 0.6 is 0 Å². The van der Waals surface area contributed by atoms with E-state index in [0.29, 0.717) is 67.0 Å². The minimum absolute atomic E-state index is 0.0372. The van der Waals surface area contributed by atoms with Gasteiger partial charge in [-0.1, -0.05) is 18.2 Å². The summed E-state index contributed by atoms with van der Waals surface area (Å²) in [6.07, 6.45) is 7.72. The second-order valence-electron chi connectivity index (χ2n) is 11.3. The van der Waals surface area contributed by atoms with Crippen LogP contribution in [0.3, 0.4) is 0 Å². The monoisotopic (exact) mass is 580 g/mol. The van der Waals surface area contributed by atoms with Crippen LogP contribution in [0, 0.1) is 0 Å².